The number of nitrogens with zero attached hydrogens (tertiary/aromatic N) is 1. The molecule has 0 spiro atoms. The van der Waals surface area contributed by atoms with E-state index in [0.717, 1.165) is 0 Å². The topological polar surface area (TPSA) is 49.4 Å². The Morgan fingerprint density at radius 1 is 1.00 bits per heavy atom. The Kier molecular flexibility index (Phi) is 5.61. The van der Waals surface area contributed by atoms with Crippen LogP contribution in [0.4, 0.5) is 0 Å². The second-order valence-electron chi connectivity index (χ2n) is 5.98. The number of fused-ring (bicyclic) bond motifs is 1. The Labute approximate surface area is 156 Å². The second-order valence-corrected chi connectivity index (χ2v) is 6.76. The Bertz CT molecular complexity index is 783. The highest BCUT2D eigenvalue weighted by molar-refractivity contribution is 6.43. The largest absolute Gasteiger partial charge is 0.352 e. The summed E-state index contributed by atoms with van der Waals surface area (Å²) in [6.07, 6.45) is 0.979. The summed E-state index contributed by atoms with van der Waals surface area (Å²) in [6.45, 7) is 1.74. The molecule has 1 aliphatic rings. The van der Waals surface area contributed by atoms with Crippen molar-refractivity contribution >= 4 is 35.0 Å². The molecule has 130 valence electrons. The molecule has 2 amide bonds. The fraction of sp³-hybridized carbons (Fsp3) is 0.263. The van der Waals surface area contributed by atoms with Gasteiger partial charge in [0.15, 0.2) is 0 Å². The Hall–Kier alpha value is -2.04. The van der Waals surface area contributed by atoms with E-state index >= 15 is 0 Å². The molecule has 0 bridgehead atoms. The van der Waals surface area contributed by atoms with Gasteiger partial charge < -0.3 is 10.2 Å². The van der Waals surface area contributed by atoms with Crippen molar-refractivity contribution in [3.8, 4) is 0 Å². The lowest BCUT2D eigenvalue weighted by molar-refractivity contribution is -0.131. The normalized spacial score (nSPS) is 12.8. The number of rotatable bonds is 5. The lowest BCUT2D eigenvalue weighted by atomic mass is 10.1. The minimum absolute atomic E-state index is 0.103. The van der Waals surface area contributed by atoms with Gasteiger partial charge in [-0.15, -0.1) is 0 Å². The molecule has 0 atom stereocenters. The first-order valence-corrected chi connectivity index (χ1v) is 8.88. The van der Waals surface area contributed by atoms with E-state index < -0.39 is 0 Å². The van der Waals surface area contributed by atoms with Gasteiger partial charge in [-0.2, -0.15) is 0 Å². The molecular formula is C19H18Cl2N2O2. The lowest BCUT2D eigenvalue weighted by Gasteiger charge is -2.15. The van der Waals surface area contributed by atoms with Gasteiger partial charge in [0, 0.05) is 26.1 Å². The maximum Gasteiger partial charge on any atom is 0.252 e. The fourth-order valence-corrected chi connectivity index (χ4v) is 3.27. The summed E-state index contributed by atoms with van der Waals surface area (Å²) >= 11 is 11.9. The van der Waals surface area contributed by atoms with E-state index in [0.29, 0.717) is 43.1 Å². The summed E-state index contributed by atoms with van der Waals surface area (Å²) in [5.74, 6) is -0.181. The van der Waals surface area contributed by atoms with Gasteiger partial charge in [-0.1, -0.05) is 53.5 Å². The van der Waals surface area contributed by atoms with Crippen LogP contribution in [-0.2, 0) is 17.9 Å². The monoisotopic (exact) mass is 376 g/mol. The van der Waals surface area contributed by atoms with Gasteiger partial charge in [0.25, 0.3) is 5.91 Å². The zero-order chi connectivity index (χ0) is 17.8. The Morgan fingerprint density at radius 3 is 2.36 bits per heavy atom. The molecule has 1 N–H and O–H groups in total. The summed E-state index contributed by atoms with van der Waals surface area (Å²) < 4.78 is 0. The van der Waals surface area contributed by atoms with Crippen molar-refractivity contribution in [1.29, 1.82) is 0 Å². The third-order valence-electron chi connectivity index (χ3n) is 4.24. The molecule has 0 saturated carbocycles. The van der Waals surface area contributed by atoms with Crippen molar-refractivity contribution < 1.29 is 9.59 Å². The van der Waals surface area contributed by atoms with Gasteiger partial charge in [-0.3, -0.25) is 9.59 Å². The van der Waals surface area contributed by atoms with Crippen molar-refractivity contribution in [1.82, 2.24) is 10.2 Å². The van der Waals surface area contributed by atoms with E-state index in [1.54, 1.807) is 18.2 Å². The maximum atomic E-state index is 12.3. The summed E-state index contributed by atoms with van der Waals surface area (Å²) in [5.41, 5.74) is 2.76. The number of benzene rings is 2. The summed E-state index contributed by atoms with van der Waals surface area (Å²) in [5, 5.41) is 3.37. The van der Waals surface area contributed by atoms with Crippen molar-refractivity contribution in [3.05, 3.63) is 69.2 Å². The third-order valence-corrected chi connectivity index (χ3v) is 5.06. The van der Waals surface area contributed by atoms with Crippen molar-refractivity contribution in [2.24, 2.45) is 0 Å². The van der Waals surface area contributed by atoms with Crippen LogP contribution in [0, 0.1) is 0 Å². The Morgan fingerprint density at radius 2 is 1.68 bits per heavy atom. The number of carbonyl (C=O) groups is 2. The third kappa shape index (κ3) is 4.14. The minimum Gasteiger partial charge on any atom is -0.352 e. The number of amides is 2. The number of hydrogen-bond acceptors (Lipinski definition) is 2. The molecule has 0 saturated heterocycles. The van der Waals surface area contributed by atoms with Crippen LogP contribution in [0.15, 0.2) is 42.5 Å². The van der Waals surface area contributed by atoms with Crippen LogP contribution >= 0.6 is 23.2 Å². The van der Waals surface area contributed by atoms with Crippen molar-refractivity contribution in [3.63, 3.8) is 0 Å². The molecule has 25 heavy (non-hydrogen) atoms. The van der Waals surface area contributed by atoms with Gasteiger partial charge in [-0.05, 0) is 29.7 Å². The predicted molar refractivity (Wildman–Crippen MR) is 98.7 cm³/mol. The smallest absolute Gasteiger partial charge is 0.252 e. The van der Waals surface area contributed by atoms with Crippen LogP contribution in [0.1, 0.15) is 34.3 Å². The molecule has 0 fully saturated rings. The molecule has 4 nitrogen and oxygen atoms in total. The SMILES string of the molecule is O=C(NCCCC(=O)N1Cc2ccccc2C1)c1cccc(Cl)c1Cl. The summed E-state index contributed by atoms with van der Waals surface area (Å²) in [7, 11) is 0. The average molecular weight is 377 g/mol. The molecule has 0 aromatic heterocycles. The maximum absolute atomic E-state index is 12.3. The van der Waals surface area contributed by atoms with Gasteiger partial charge in [0.2, 0.25) is 5.91 Å². The van der Waals surface area contributed by atoms with Gasteiger partial charge >= 0.3 is 0 Å². The predicted octanol–water partition coefficient (Wildman–Crippen LogP) is 4.05. The van der Waals surface area contributed by atoms with Gasteiger partial charge in [0.1, 0.15) is 0 Å². The number of halogens is 2. The highest BCUT2D eigenvalue weighted by Crippen LogP contribution is 2.25. The number of nitrogens with one attached hydrogen (secondary N) is 1. The van der Waals surface area contributed by atoms with E-state index in [-0.39, 0.29) is 16.8 Å². The van der Waals surface area contributed by atoms with Crippen molar-refractivity contribution in [2.45, 2.75) is 25.9 Å². The molecule has 6 heteroatoms. The van der Waals surface area contributed by atoms with Crippen LogP contribution in [0.3, 0.4) is 0 Å². The molecule has 2 aromatic carbocycles. The molecule has 3 rings (SSSR count). The van der Waals surface area contributed by atoms with E-state index in [2.05, 4.69) is 17.4 Å². The van der Waals surface area contributed by atoms with Crippen LogP contribution in [0.2, 0.25) is 10.0 Å². The molecule has 2 aromatic rings. The van der Waals surface area contributed by atoms with Crippen LogP contribution < -0.4 is 5.32 Å². The molecule has 1 heterocycles. The van der Waals surface area contributed by atoms with Gasteiger partial charge in [0.05, 0.1) is 15.6 Å². The zero-order valence-corrected chi connectivity index (χ0v) is 15.1. The lowest BCUT2D eigenvalue weighted by Crippen LogP contribution is -2.28. The molecule has 0 aliphatic carbocycles. The summed E-state index contributed by atoms with van der Waals surface area (Å²) in [6, 6.07) is 13.0. The number of hydrogen-bond donors (Lipinski definition) is 1. The first-order chi connectivity index (χ1) is 12.1. The molecule has 1 aliphatic heterocycles. The highest BCUT2D eigenvalue weighted by Gasteiger charge is 2.22. The molecule has 0 unspecified atom stereocenters. The first-order valence-electron chi connectivity index (χ1n) is 8.13. The molecular weight excluding hydrogens is 359 g/mol. The average Bonchev–Trinajstić information content (AvgIpc) is 3.05. The van der Waals surface area contributed by atoms with Gasteiger partial charge in [-0.25, -0.2) is 0 Å². The van der Waals surface area contributed by atoms with E-state index in [9.17, 15) is 9.59 Å². The van der Waals surface area contributed by atoms with E-state index in [4.69, 9.17) is 23.2 Å². The van der Waals surface area contributed by atoms with Crippen molar-refractivity contribution in [2.75, 3.05) is 6.54 Å². The van der Waals surface area contributed by atoms with E-state index in [1.165, 1.54) is 11.1 Å². The Balaban J connectivity index is 1.44. The summed E-state index contributed by atoms with van der Waals surface area (Å²) in [4.78, 5) is 26.3. The zero-order valence-electron chi connectivity index (χ0n) is 13.6. The number of carbonyl (C=O) groups excluding carboxylic acids is 2. The first kappa shape index (κ1) is 17.8. The van der Waals surface area contributed by atoms with Crippen LogP contribution in [-0.4, -0.2) is 23.3 Å². The van der Waals surface area contributed by atoms with E-state index in [1.807, 2.05) is 17.0 Å². The van der Waals surface area contributed by atoms with Crippen LogP contribution in [0.5, 0.6) is 0 Å². The molecule has 0 radical (unpaired) electrons. The standard InChI is InChI=1S/C19H18Cl2N2O2/c20-16-8-3-7-15(18(16)21)19(25)22-10-4-9-17(24)23-11-13-5-1-2-6-14(13)12-23/h1-3,5-8H,4,9-12H2,(H,22,25). The minimum atomic E-state index is -0.284. The van der Waals surface area contributed by atoms with Crippen LogP contribution in [0.25, 0.3) is 0 Å². The second kappa shape index (κ2) is 7.89. The fourth-order valence-electron chi connectivity index (χ4n) is 2.88. The highest BCUT2D eigenvalue weighted by atomic mass is 35.5. The quantitative estimate of drug-likeness (QED) is 0.800.